The van der Waals surface area contributed by atoms with Crippen molar-refractivity contribution in [1.82, 2.24) is 10.2 Å². The second-order valence-corrected chi connectivity index (χ2v) is 3.97. The van der Waals surface area contributed by atoms with Crippen LogP contribution >= 0.6 is 0 Å². The monoisotopic (exact) mass is 202 g/mol. The van der Waals surface area contributed by atoms with Gasteiger partial charge in [-0.1, -0.05) is 0 Å². The minimum Gasteiger partial charge on any atom is -0.396 e. The highest BCUT2D eigenvalue weighted by Crippen LogP contribution is 1.98. The summed E-state index contributed by atoms with van der Waals surface area (Å²) < 4.78 is 0. The Morgan fingerprint density at radius 3 is 2.36 bits per heavy atom. The summed E-state index contributed by atoms with van der Waals surface area (Å²) in [6.07, 6.45) is 1.23. The Morgan fingerprint density at radius 2 is 1.93 bits per heavy atom. The number of aliphatic hydroxyl groups excluding tert-OH is 1. The van der Waals surface area contributed by atoms with E-state index in [-0.39, 0.29) is 24.6 Å². The molecule has 0 heterocycles. The third-order valence-corrected chi connectivity index (χ3v) is 2.11. The minimum absolute atomic E-state index is 0.126. The molecule has 0 aliphatic carbocycles. The molecule has 14 heavy (non-hydrogen) atoms. The average molecular weight is 202 g/mol. The van der Waals surface area contributed by atoms with Crippen LogP contribution in [0.5, 0.6) is 0 Å². The number of carbonyl (C=O) groups is 1. The molecule has 1 unspecified atom stereocenters. The van der Waals surface area contributed by atoms with Gasteiger partial charge < -0.3 is 15.3 Å². The zero-order valence-corrected chi connectivity index (χ0v) is 9.58. The molecule has 0 saturated heterocycles. The van der Waals surface area contributed by atoms with E-state index < -0.39 is 0 Å². The topological polar surface area (TPSA) is 52.6 Å². The van der Waals surface area contributed by atoms with Crippen molar-refractivity contribution in [2.24, 2.45) is 0 Å². The summed E-state index contributed by atoms with van der Waals surface area (Å²) in [5.74, 6) is 0.126. The van der Waals surface area contributed by atoms with E-state index in [9.17, 15) is 4.79 Å². The number of carbonyl (C=O) groups excluding carboxylic acids is 1. The Balaban J connectivity index is 3.74. The molecule has 0 saturated carbocycles. The Labute approximate surface area is 86.3 Å². The number of nitrogens with zero attached hydrogens (tertiary/aromatic N) is 1. The second kappa shape index (κ2) is 6.79. The quantitative estimate of drug-likeness (QED) is 0.647. The molecule has 0 aromatic heterocycles. The lowest BCUT2D eigenvalue weighted by Gasteiger charge is -2.20. The van der Waals surface area contributed by atoms with Gasteiger partial charge in [-0.3, -0.25) is 4.79 Å². The van der Waals surface area contributed by atoms with Gasteiger partial charge in [0.2, 0.25) is 5.91 Å². The van der Waals surface area contributed by atoms with Gasteiger partial charge in [-0.15, -0.1) is 0 Å². The summed E-state index contributed by atoms with van der Waals surface area (Å²) in [5, 5.41) is 12.0. The van der Waals surface area contributed by atoms with E-state index in [4.69, 9.17) is 5.11 Å². The zero-order valence-electron chi connectivity index (χ0n) is 9.58. The fourth-order valence-electron chi connectivity index (χ4n) is 1.27. The van der Waals surface area contributed by atoms with Crippen molar-refractivity contribution in [1.29, 1.82) is 0 Å². The van der Waals surface area contributed by atoms with Gasteiger partial charge in [-0.2, -0.15) is 0 Å². The molecule has 1 amide bonds. The van der Waals surface area contributed by atoms with Crippen LogP contribution in [0, 0.1) is 0 Å². The summed E-state index contributed by atoms with van der Waals surface area (Å²) in [4.78, 5) is 12.9. The molecule has 0 aliphatic rings. The Hall–Kier alpha value is -0.610. The lowest BCUT2D eigenvalue weighted by molar-refractivity contribution is -0.129. The van der Waals surface area contributed by atoms with Gasteiger partial charge in [0, 0.05) is 39.2 Å². The first-order valence-corrected chi connectivity index (χ1v) is 5.04. The van der Waals surface area contributed by atoms with Crippen molar-refractivity contribution in [3.05, 3.63) is 0 Å². The van der Waals surface area contributed by atoms with Gasteiger partial charge in [0.1, 0.15) is 0 Å². The number of aliphatic hydroxyl groups is 1. The zero-order chi connectivity index (χ0) is 11.1. The van der Waals surface area contributed by atoms with E-state index in [1.165, 1.54) is 0 Å². The molecule has 4 nitrogen and oxygen atoms in total. The van der Waals surface area contributed by atoms with Crippen LogP contribution in [0.3, 0.4) is 0 Å². The summed E-state index contributed by atoms with van der Waals surface area (Å²) in [6.45, 7) is 4.17. The van der Waals surface area contributed by atoms with Gasteiger partial charge in [-0.25, -0.2) is 0 Å². The van der Waals surface area contributed by atoms with Crippen molar-refractivity contribution >= 4 is 5.91 Å². The third-order valence-electron chi connectivity index (χ3n) is 2.11. The minimum atomic E-state index is 0.126. The maximum absolute atomic E-state index is 11.3. The number of hydrogen-bond donors (Lipinski definition) is 2. The van der Waals surface area contributed by atoms with Gasteiger partial charge in [0.15, 0.2) is 0 Å². The van der Waals surface area contributed by atoms with Crippen LogP contribution in [0.2, 0.25) is 0 Å². The van der Waals surface area contributed by atoms with Crippen molar-refractivity contribution in [3.8, 4) is 0 Å². The summed E-state index contributed by atoms with van der Waals surface area (Å²) in [7, 11) is 3.51. The molecular formula is C10H22N2O2. The van der Waals surface area contributed by atoms with E-state index in [0.717, 1.165) is 6.42 Å². The fraction of sp³-hybridized carbons (Fsp3) is 0.900. The van der Waals surface area contributed by atoms with E-state index in [1.54, 1.807) is 19.0 Å². The first-order chi connectivity index (χ1) is 6.47. The molecule has 0 radical (unpaired) electrons. The molecule has 0 bridgehead atoms. The molecule has 2 atom stereocenters. The highest BCUT2D eigenvalue weighted by atomic mass is 16.3. The summed E-state index contributed by atoms with van der Waals surface area (Å²) >= 11 is 0. The Bertz CT molecular complexity index is 172. The van der Waals surface area contributed by atoms with Crippen LogP contribution < -0.4 is 5.32 Å². The predicted molar refractivity (Wildman–Crippen MR) is 57.1 cm³/mol. The highest BCUT2D eigenvalue weighted by molar-refractivity contribution is 5.76. The van der Waals surface area contributed by atoms with E-state index >= 15 is 0 Å². The third kappa shape index (κ3) is 5.94. The summed E-state index contributed by atoms with van der Waals surface area (Å²) in [6, 6.07) is 0.413. The van der Waals surface area contributed by atoms with Crippen LogP contribution in [-0.2, 0) is 4.79 Å². The SMILES string of the molecule is CC(CC(=O)N(C)C)N[C@H](C)CCO. The molecule has 0 spiro atoms. The van der Waals surface area contributed by atoms with Crippen LogP contribution in [0.4, 0.5) is 0 Å². The van der Waals surface area contributed by atoms with Crippen molar-refractivity contribution < 1.29 is 9.90 Å². The largest absolute Gasteiger partial charge is 0.396 e. The fourth-order valence-corrected chi connectivity index (χ4v) is 1.27. The van der Waals surface area contributed by atoms with Crippen LogP contribution in [0.15, 0.2) is 0 Å². The normalized spacial score (nSPS) is 14.9. The van der Waals surface area contributed by atoms with E-state index in [2.05, 4.69) is 5.32 Å². The van der Waals surface area contributed by atoms with E-state index in [0.29, 0.717) is 6.42 Å². The number of rotatable bonds is 6. The van der Waals surface area contributed by atoms with Crippen molar-refractivity contribution in [2.45, 2.75) is 38.8 Å². The van der Waals surface area contributed by atoms with Gasteiger partial charge >= 0.3 is 0 Å². The number of nitrogens with one attached hydrogen (secondary N) is 1. The smallest absolute Gasteiger partial charge is 0.223 e. The maximum Gasteiger partial charge on any atom is 0.223 e. The first kappa shape index (κ1) is 13.4. The molecule has 2 N–H and O–H groups in total. The van der Waals surface area contributed by atoms with Crippen molar-refractivity contribution in [2.75, 3.05) is 20.7 Å². The predicted octanol–water partition coefficient (Wildman–Crippen LogP) is 0.214. The molecular weight excluding hydrogens is 180 g/mol. The number of hydrogen-bond acceptors (Lipinski definition) is 3. The molecule has 4 heteroatoms. The maximum atomic E-state index is 11.3. The standard InChI is InChI=1S/C10H22N2O2/c1-8(5-6-13)11-9(2)7-10(14)12(3)4/h8-9,11,13H,5-7H2,1-4H3/t8-,9?/m1/s1. The first-order valence-electron chi connectivity index (χ1n) is 5.04. The molecule has 0 aliphatic heterocycles. The molecule has 84 valence electrons. The van der Waals surface area contributed by atoms with Crippen LogP contribution in [0.25, 0.3) is 0 Å². The average Bonchev–Trinajstić information content (AvgIpc) is 2.03. The number of amides is 1. The van der Waals surface area contributed by atoms with Gasteiger partial charge in [0.25, 0.3) is 0 Å². The van der Waals surface area contributed by atoms with Crippen LogP contribution in [0.1, 0.15) is 26.7 Å². The Kier molecular flexibility index (Phi) is 6.49. The van der Waals surface area contributed by atoms with E-state index in [1.807, 2.05) is 13.8 Å². The van der Waals surface area contributed by atoms with Gasteiger partial charge in [-0.05, 0) is 20.3 Å². The lowest BCUT2D eigenvalue weighted by Crippen LogP contribution is -2.38. The second-order valence-electron chi connectivity index (χ2n) is 3.97. The van der Waals surface area contributed by atoms with Crippen molar-refractivity contribution in [3.63, 3.8) is 0 Å². The molecule has 0 rings (SSSR count). The van der Waals surface area contributed by atoms with Gasteiger partial charge in [0.05, 0.1) is 0 Å². The molecule has 0 aromatic carbocycles. The summed E-state index contributed by atoms with van der Waals surface area (Å²) in [5.41, 5.74) is 0. The molecule has 0 fully saturated rings. The lowest BCUT2D eigenvalue weighted by atomic mass is 10.1. The highest BCUT2D eigenvalue weighted by Gasteiger charge is 2.12. The van der Waals surface area contributed by atoms with Crippen LogP contribution in [-0.4, -0.2) is 48.7 Å². The Morgan fingerprint density at radius 1 is 1.36 bits per heavy atom. The molecule has 0 aromatic rings.